The highest BCUT2D eigenvalue weighted by molar-refractivity contribution is 5.94. The van der Waals surface area contributed by atoms with Gasteiger partial charge in [-0.1, -0.05) is 30.3 Å². The minimum atomic E-state index is -0.533. The number of nitrogens with one attached hydrogen (secondary N) is 1. The van der Waals surface area contributed by atoms with Crippen molar-refractivity contribution >= 4 is 11.6 Å². The second-order valence-electron chi connectivity index (χ2n) is 5.76. The zero-order chi connectivity index (χ0) is 16.8. The number of amides is 1. The van der Waals surface area contributed by atoms with Crippen LogP contribution in [0.2, 0.25) is 0 Å². The lowest BCUT2D eigenvalue weighted by Crippen LogP contribution is -2.47. The van der Waals surface area contributed by atoms with E-state index in [1.54, 1.807) is 12.3 Å². The topological polar surface area (TPSA) is 74.7 Å². The lowest BCUT2D eigenvalue weighted by molar-refractivity contribution is -0.133. The number of benzene rings is 1. The Hall–Kier alpha value is -2.28. The smallest absolute Gasteiger partial charge is 0.254 e. The molecular formula is C18H21N3O3. The van der Waals surface area contributed by atoms with Crippen molar-refractivity contribution in [3.63, 3.8) is 0 Å². The fraction of sp³-hybridized carbons (Fsp3) is 0.333. The lowest BCUT2D eigenvalue weighted by atomic mass is 10.1. The molecule has 3 rings (SSSR count). The minimum Gasteiger partial charge on any atom is -0.392 e. The van der Waals surface area contributed by atoms with E-state index in [2.05, 4.69) is 27.3 Å². The Morgan fingerprint density at radius 3 is 2.96 bits per heavy atom. The SMILES string of the molecule is O=C(Nc1cnccc1CO)C1CN(Cc2ccccc2)CCO1. The van der Waals surface area contributed by atoms with Crippen molar-refractivity contribution in [3.8, 4) is 0 Å². The van der Waals surface area contributed by atoms with Crippen molar-refractivity contribution in [3.05, 3.63) is 59.9 Å². The van der Waals surface area contributed by atoms with Crippen LogP contribution in [0.3, 0.4) is 0 Å². The Morgan fingerprint density at radius 2 is 2.17 bits per heavy atom. The Kier molecular flexibility index (Phi) is 5.53. The van der Waals surface area contributed by atoms with Crippen molar-refractivity contribution in [1.29, 1.82) is 0 Å². The van der Waals surface area contributed by atoms with E-state index in [0.717, 1.165) is 13.1 Å². The third kappa shape index (κ3) is 4.17. The molecule has 2 N–H and O–H groups in total. The number of pyridine rings is 1. The molecule has 0 bridgehead atoms. The molecule has 0 saturated carbocycles. The second-order valence-corrected chi connectivity index (χ2v) is 5.76. The van der Waals surface area contributed by atoms with Gasteiger partial charge in [0.2, 0.25) is 0 Å². The molecule has 0 radical (unpaired) electrons. The number of aliphatic hydroxyl groups excluding tert-OH is 1. The first kappa shape index (κ1) is 16.6. The van der Waals surface area contributed by atoms with Crippen LogP contribution in [0.15, 0.2) is 48.8 Å². The lowest BCUT2D eigenvalue weighted by Gasteiger charge is -2.32. The van der Waals surface area contributed by atoms with Crippen LogP contribution >= 0.6 is 0 Å². The van der Waals surface area contributed by atoms with Crippen molar-refractivity contribution in [2.75, 3.05) is 25.0 Å². The van der Waals surface area contributed by atoms with E-state index in [1.807, 2.05) is 18.2 Å². The van der Waals surface area contributed by atoms with Crippen molar-refractivity contribution in [2.45, 2.75) is 19.3 Å². The van der Waals surface area contributed by atoms with Gasteiger partial charge in [0.1, 0.15) is 6.10 Å². The molecule has 1 aliphatic rings. The summed E-state index contributed by atoms with van der Waals surface area (Å²) >= 11 is 0. The summed E-state index contributed by atoms with van der Waals surface area (Å²) in [4.78, 5) is 18.7. The number of hydrogen-bond donors (Lipinski definition) is 2. The van der Waals surface area contributed by atoms with Crippen LogP contribution in [-0.2, 0) is 22.7 Å². The summed E-state index contributed by atoms with van der Waals surface area (Å²) in [6, 6.07) is 11.9. The van der Waals surface area contributed by atoms with Gasteiger partial charge in [-0.2, -0.15) is 0 Å². The van der Waals surface area contributed by atoms with E-state index in [4.69, 9.17) is 4.74 Å². The van der Waals surface area contributed by atoms with Gasteiger partial charge in [-0.05, 0) is 11.6 Å². The van der Waals surface area contributed by atoms with E-state index in [9.17, 15) is 9.90 Å². The normalized spacial score (nSPS) is 18.3. The summed E-state index contributed by atoms with van der Waals surface area (Å²) in [5.41, 5.74) is 2.37. The third-order valence-corrected chi connectivity index (χ3v) is 4.03. The summed E-state index contributed by atoms with van der Waals surface area (Å²) in [6.07, 6.45) is 2.59. The van der Waals surface area contributed by atoms with Crippen molar-refractivity contribution in [1.82, 2.24) is 9.88 Å². The van der Waals surface area contributed by atoms with Gasteiger partial charge in [-0.15, -0.1) is 0 Å². The van der Waals surface area contributed by atoms with Gasteiger partial charge in [0.25, 0.3) is 5.91 Å². The number of nitrogens with zero attached hydrogens (tertiary/aromatic N) is 2. The van der Waals surface area contributed by atoms with Crippen molar-refractivity contribution in [2.24, 2.45) is 0 Å². The molecule has 6 heteroatoms. The number of hydrogen-bond acceptors (Lipinski definition) is 5. The van der Waals surface area contributed by atoms with E-state index in [1.165, 1.54) is 11.8 Å². The van der Waals surface area contributed by atoms with Gasteiger partial charge in [0.05, 0.1) is 25.1 Å². The number of rotatable bonds is 5. The maximum absolute atomic E-state index is 12.5. The summed E-state index contributed by atoms with van der Waals surface area (Å²) < 4.78 is 5.62. The highest BCUT2D eigenvalue weighted by atomic mass is 16.5. The summed E-state index contributed by atoms with van der Waals surface area (Å²) in [6.45, 7) is 2.50. The number of carbonyl (C=O) groups is 1. The molecule has 2 heterocycles. The van der Waals surface area contributed by atoms with E-state index in [0.29, 0.717) is 24.4 Å². The van der Waals surface area contributed by atoms with E-state index >= 15 is 0 Å². The number of morpholine rings is 1. The van der Waals surface area contributed by atoms with Crippen LogP contribution in [-0.4, -0.2) is 46.7 Å². The molecule has 0 spiro atoms. The number of anilines is 1. The quantitative estimate of drug-likeness (QED) is 0.869. The van der Waals surface area contributed by atoms with Gasteiger partial charge in [0.15, 0.2) is 0 Å². The largest absolute Gasteiger partial charge is 0.392 e. The Balaban J connectivity index is 1.60. The predicted octanol–water partition coefficient (Wildman–Crippen LogP) is 1.41. The monoisotopic (exact) mass is 327 g/mol. The van der Waals surface area contributed by atoms with E-state index < -0.39 is 6.10 Å². The molecule has 1 aliphatic heterocycles. The van der Waals surface area contributed by atoms with Gasteiger partial charge in [0, 0.05) is 31.4 Å². The molecule has 0 aliphatic carbocycles. The molecule has 2 aromatic rings. The zero-order valence-electron chi connectivity index (χ0n) is 13.4. The molecule has 1 fully saturated rings. The molecule has 1 aromatic heterocycles. The number of aromatic nitrogens is 1. The van der Waals surface area contributed by atoms with Crippen LogP contribution in [0.1, 0.15) is 11.1 Å². The number of ether oxygens (including phenoxy) is 1. The molecule has 1 amide bonds. The Morgan fingerprint density at radius 1 is 1.33 bits per heavy atom. The van der Waals surface area contributed by atoms with Crippen LogP contribution < -0.4 is 5.32 Å². The standard InChI is InChI=1S/C18H21N3O3/c22-13-15-6-7-19-10-16(15)20-18(23)17-12-21(8-9-24-17)11-14-4-2-1-3-5-14/h1-7,10,17,22H,8-9,11-13H2,(H,20,23). The fourth-order valence-corrected chi connectivity index (χ4v) is 2.73. The van der Waals surface area contributed by atoms with Gasteiger partial charge in [-0.3, -0.25) is 14.7 Å². The molecule has 1 unspecified atom stereocenters. The van der Waals surface area contributed by atoms with E-state index in [-0.39, 0.29) is 12.5 Å². The van der Waals surface area contributed by atoms with Gasteiger partial charge >= 0.3 is 0 Å². The van der Waals surface area contributed by atoms with Crippen LogP contribution in [0.4, 0.5) is 5.69 Å². The Labute approximate surface area is 141 Å². The first-order valence-corrected chi connectivity index (χ1v) is 7.99. The average Bonchev–Trinajstić information content (AvgIpc) is 2.63. The average molecular weight is 327 g/mol. The second kappa shape index (κ2) is 8.01. The maximum Gasteiger partial charge on any atom is 0.254 e. The first-order valence-electron chi connectivity index (χ1n) is 7.99. The zero-order valence-corrected chi connectivity index (χ0v) is 13.4. The maximum atomic E-state index is 12.5. The Bertz CT molecular complexity index is 678. The summed E-state index contributed by atoms with van der Waals surface area (Å²) in [5.74, 6) is -0.213. The third-order valence-electron chi connectivity index (χ3n) is 4.03. The molecule has 24 heavy (non-hydrogen) atoms. The molecule has 126 valence electrons. The molecule has 1 saturated heterocycles. The first-order chi connectivity index (χ1) is 11.8. The van der Waals surface area contributed by atoms with Gasteiger partial charge in [-0.25, -0.2) is 0 Å². The molecular weight excluding hydrogens is 306 g/mol. The minimum absolute atomic E-state index is 0.149. The van der Waals surface area contributed by atoms with Crippen LogP contribution in [0.25, 0.3) is 0 Å². The highest BCUT2D eigenvalue weighted by Gasteiger charge is 2.27. The predicted molar refractivity (Wildman–Crippen MR) is 90.2 cm³/mol. The van der Waals surface area contributed by atoms with Crippen LogP contribution in [0.5, 0.6) is 0 Å². The number of aliphatic hydroxyl groups is 1. The molecule has 6 nitrogen and oxygen atoms in total. The van der Waals surface area contributed by atoms with Crippen molar-refractivity contribution < 1.29 is 14.6 Å². The summed E-state index contributed by atoms with van der Waals surface area (Å²) in [5, 5.41) is 12.1. The van der Waals surface area contributed by atoms with Crippen LogP contribution in [0, 0.1) is 0 Å². The summed E-state index contributed by atoms with van der Waals surface area (Å²) in [7, 11) is 0. The van der Waals surface area contributed by atoms with Gasteiger partial charge < -0.3 is 15.2 Å². The molecule has 1 aromatic carbocycles. The highest BCUT2D eigenvalue weighted by Crippen LogP contribution is 2.16. The molecule has 1 atom stereocenters. The number of carbonyl (C=O) groups excluding carboxylic acids is 1. The fourth-order valence-electron chi connectivity index (χ4n) is 2.73.